The van der Waals surface area contributed by atoms with Gasteiger partial charge in [-0.15, -0.1) is 0 Å². The average molecular weight is 230 g/mol. The fourth-order valence-corrected chi connectivity index (χ4v) is 1.43. The van der Waals surface area contributed by atoms with Gasteiger partial charge in [0.1, 0.15) is 0 Å². The van der Waals surface area contributed by atoms with Gasteiger partial charge in [-0.2, -0.15) is 0 Å². The standard InChI is InChI=1S/C12H26N2O2/c1-4-6-16-7-5-12(15)14-9-11(13)8-10(2)3/h10-11H,4-9,13H2,1-3H3,(H,14,15). The van der Waals surface area contributed by atoms with Crippen LogP contribution in [0.3, 0.4) is 0 Å². The normalized spacial score (nSPS) is 12.8. The van der Waals surface area contributed by atoms with Gasteiger partial charge in [-0.05, 0) is 18.8 Å². The van der Waals surface area contributed by atoms with Gasteiger partial charge in [0.2, 0.25) is 5.91 Å². The first-order valence-corrected chi connectivity index (χ1v) is 6.16. The number of ether oxygens (including phenoxy) is 1. The van der Waals surface area contributed by atoms with Gasteiger partial charge in [0, 0.05) is 25.6 Å². The Hall–Kier alpha value is -0.610. The maximum atomic E-state index is 11.3. The van der Waals surface area contributed by atoms with E-state index in [1.54, 1.807) is 0 Å². The lowest BCUT2D eigenvalue weighted by molar-refractivity contribution is -0.122. The van der Waals surface area contributed by atoms with Crippen LogP contribution in [0.4, 0.5) is 0 Å². The molecule has 1 atom stereocenters. The highest BCUT2D eigenvalue weighted by atomic mass is 16.5. The molecule has 16 heavy (non-hydrogen) atoms. The Morgan fingerprint density at radius 3 is 2.62 bits per heavy atom. The third kappa shape index (κ3) is 9.93. The maximum Gasteiger partial charge on any atom is 0.222 e. The minimum Gasteiger partial charge on any atom is -0.381 e. The number of nitrogens with one attached hydrogen (secondary N) is 1. The van der Waals surface area contributed by atoms with Crippen LogP contribution in [0, 0.1) is 5.92 Å². The van der Waals surface area contributed by atoms with Crippen molar-refractivity contribution in [3.8, 4) is 0 Å². The van der Waals surface area contributed by atoms with Crippen LogP contribution in [0.2, 0.25) is 0 Å². The summed E-state index contributed by atoms with van der Waals surface area (Å²) in [5.41, 5.74) is 5.85. The molecule has 0 aromatic heterocycles. The average Bonchev–Trinajstić information content (AvgIpc) is 2.20. The van der Waals surface area contributed by atoms with Gasteiger partial charge >= 0.3 is 0 Å². The van der Waals surface area contributed by atoms with Crippen molar-refractivity contribution in [3.05, 3.63) is 0 Å². The van der Waals surface area contributed by atoms with Crippen LogP contribution in [0.1, 0.15) is 40.0 Å². The Morgan fingerprint density at radius 1 is 1.38 bits per heavy atom. The largest absolute Gasteiger partial charge is 0.381 e. The van der Waals surface area contributed by atoms with Crippen LogP contribution in [-0.2, 0) is 9.53 Å². The molecule has 0 aliphatic rings. The van der Waals surface area contributed by atoms with Crippen LogP contribution in [-0.4, -0.2) is 31.7 Å². The third-order valence-corrected chi connectivity index (χ3v) is 2.16. The van der Waals surface area contributed by atoms with Crippen LogP contribution >= 0.6 is 0 Å². The molecule has 3 N–H and O–H groups in total. The van der Waals surface area contributed by atoms with Crippen molar-refractivity contribution in [1.29, 1.82) is 0 Å². The van der Waals surface area contributed by atoms with Crippen LogP contribution in [0.5, 0.6) is 0 Å². The fourth-order valence-electron chi connectivity index (χ4n) is 1.43. The predicted octanol–water partition coefficient (Wildman–Crippen LogP) is 1.29. The Kier molecular flexibility index (Phi) is 9.24. The molecule has 0 bridgehead atoms. The molecule has 1 unspecified atom stereocenters. The number of nitrogens with two attached hydrogens (primary N) is 1. The van der Waals surface area contributed by atoms with E-state index >= 15 is 0 Å². The van der Waals surface area contributed by atoms with E-state index in [9.17, 15) is 4.79 Å². The Labute approximate surface area is 98.9 Å². The molecule has 0 radical (unpaired) electrons. The van der Waals surface area contributed by atoms with Crippen molar-refractivity contribution in [2.24, 2.45) is 11.7 Å². The monoisotopic (exact) mass is 230 g/mol. The summed E-state index contributed by atoms with van der Waals surface area (Å²) in [5.74, 6) is 0.593. The topological polar surface area (TPSA) is 64.3 Å². The van der Waals surface area contributed by atoms with Crippen molar-refractivity contribution >= 4 is 5.91 Å². The van der Waals surface area contributed by atoms with E-state index in [4.69, 9.17) is 10.5 Å². The highest BCUT2D eigenvalue weighted by molar-refractivity contribution is 5.75. The molecule has 0 aliphatic carbocycles. The van der Waals surface area contributed by atoms with E-state index in [1.807, 2.05) is 6.92 Å². The highest BCUT2D eigenvalue weighted by Crippen LogP contribution is 2.01. The number of carbonyl (C=O) groups is 1. The highest BCUT2D eigenvalue weighted by Gasteiger charge is 2.07. The minimum atomic E-state index is 0.0234. The van der Waals surface area contributed by atoms with Gasteiger partial charge in [-0.3, -0.25) is 4.79 Å². The van der Waals surface area contributed by atoms with E-state index < -0.39 is 0 Å². The number of hydrogen-bond donors (Lipinski definition) is 2. The number of hydrogen-bond acceptors (Lipinski definition) is 3. The first-order valence-electron chi connectivity index (χ1n) is 6.16. The van der Waals surface area contributed by atoms with Gasteiger partial charge in [0.15, 0.2) is 0 Å². The van der Waals surface area contributed by atoms with Crippen LogP contribution in [0.15, 0.2) is 0 Å². The maximum absolute atomic E-state index is 11.3. The summed E-state index contributed by atoms with van der Waals surface area (Å²) in [6, 6.07) is 0.0560. The summed E-state index contributed by atoms with van der Waals surface area (Å²) >= 11 is 0. The molecule has 1 amide bonds. The van der Waals surface area contributed by atoms with E-state index in [-0.39, 0.29) is 11.9 Å². The quantitative estimate of drug-likeness (QED) is 0.587. The molecule has 96 valence electrons. The van der Waals surface area contributed by atoms with Gasteiger partial charge in [0.05, 0.1) is 6.61 Å². The number of amides is 1. The Morgan fingerprint density at radius 2 is 2.06 bits per heavy atom. The molecule has 0 aromatic carbocycles. The predicted molar refractivity (Wildman–Crippen MR) is 66.2 cm³/mol. The zero-order chi connectivity index (χ0) is 12.4. The minimum absolute atomic E-state index is 0.0234. The van der Waals surface area contributed by atoms with Crippen LogP contribution < -0.4 is 11.1 Å². The first-order chi connectivity index (χ1) is 7.56. The first kappa shape index (κ1) is 15.4. The van der Waals surface area contributed by atoms with E-state index in [2.05, 4.69) is 19.2 Å². The molecular weight excluding hydrogens is 204 g/mol. The van der Waals surface area contributed by atoms with Gasteiger partial charge in [-0.1, -0.05) is 20.8 Å². The second-order valence-electron chi connectivity index (χ2n) is 4.56. The molecule has 0 rings (SSSR count). The zero-order valence-electron chi connectivity index (χ0n) is 10.8. The molecular formula is C12H26N2O2. The molecule has 4 heteroatoms. The van der Waals surface area contributed by atoms with Crippen LogP contribution in [0.25, 0.3) is 0 Å². The van der Waals surface area contributed by atoms with Crippen molar-refractivity contribution in [1.82, 2.24) is 5.32 Å². The molecule has 0 fully saturated rings. The van der Waals surface area contributed by atoms with Gasteiger partial charge in [-0.25, -0.2) is 0 Å². The summed E-state index contributed by atoms with van der Waals surface area (Å²) in [4.78, 5) is 11.3. The summed E-state index contributed by atoms with van der Waals surface area (Å²) in [6.45, 7) is 8.08. The van der Waals surface area contributed by atoms with Crippen molar-refractivity contribution in [2.75, 3.05) is 19.8 Å². The molecule has 0 saturated heterocycles. The summed E-state index contributed by atoms with van der Waals surface area (Å²) in [5, 5.41) is 2.82. The van der Waals surface area contributed by atoms with E-state index in [0.717, 1.165) is 19.4 Å². The lowest BCUT2D eigenvalue weighted by Crippen LogP contribution is -2.38. The summed E-state index contributed by atoms with van der Waals surface area (Å²) < 4.78 is 5.23. The molecule has 0 saturated carbocycles. The molecule has 0 aliphatic heterocycles. The molecule has 0 spiro atoms. The van der Waals surface area contributed by atoms with Crippen molar-refractivity contribution in [3.63, 3.8) is 0 Å². The van der Waals surface area contributed by atoms with E-state index in [1.165, 1.54) is 0 Å². The summed E-state index contributed by atoms with van der Waals surface area (Å²) in [7, 11) is 0. The lowest BCUT2D eigenvalue weighted by atomic mass is 10.0. The van der Waals surface area contributed by atoms with E-state index in [0.29, 0.717) is 25.5 Å². The lowest BCUT2D eigenvalue weighted by Gasteiger charge is -2.14. The smallest absolute Gasteiger partial charge is 0.222 e. The van der Waals surface area contributed by atoms with Crippen molar-refractivity contribution in [2.45, 2.75) is 46.1 Å². The van der Waals surface area contributed by atoms with Gasteiger partial charge < -0.3 is 15.8 Å². The number of rotatable bonds is 9. The SMILES string of the molecule is CCCOCCC(=O)NCC(N)CC(C)C. The number of carbonyl (C=O) groups excluding carboxylic acids is 1. The zero-order valence-corrected chi connectivity index (χ0v) is 10.8. The Balaban J connectivity index is 3.42. The summed E-state index contributed by atoms with van der Waals surface area (Å²) in [6.07, 6.45) is 2.35. The Bertz CT molecular complexity index is 184. The fraction of sp³-hybridized carbons (Fsp3) is 0.917. The second-order valence-corrected chi connectivity index (χ2v) is 4.56. The van der Waals surface area contributed by atoms with Crippen molar-refractivity contribution < 1.29 is 9.53 Å². The van der Waals surface area contributed by atoms with Gasteiger partial charge in [0.25, 0.3) is 0 Å². The molecule has 0 heterocycles. The molecule has 4 nitrogen and oxygen atoms in total. The molecule has 0 aromatic rings. The second kappa shape index (κ2) is 9.60. The third-order valence-electron chi connectivity index (χ3n) is 2.16.